The molecule has 0 saturated carbocycles. The number of unbranched alkanes of at least 4 members (excludes halogenated alkanes) is 2. The van der Waals surface area contributed by atoms with Crippen molar-refractivity contribution >= 4 is 9.84 Å². The van der Waals surface area contributed by atoms with E-state index >= 15 is 0 Å². The van der Waals surface area contributed by atoms with Crippen LogP contribution in [0.5, 0.6) is 5.88 Å². The van der Waals surface area contributed by atoms with Crippen LogP contribution in [-0.4, -0.2) is 39.8 Å². The van der Waals surface area contributed by atoms with E-state index in [1.807, 2.05) is 26.0 Å². The summed E-state index contributed by atoms with van der Waals surface area (Å²) in [6, 6.07) is 17.8. The Bertz CT molecular complexity index is 1570. The van der Waals surface area contributed by atoms with Crippen molar-refractivity contribution in [3.8, 4) is 17.0 Å². The van der Waals surface area contributed by atoms with E-state index < -0.39 is 38.8 Å². The third-order valence-corrected chi connectivity index (χ3v) is 8.35. The first-order chi connectivity index (χ1) is 18.3. The molecule has 1 atom stereocenters. The minimum atomic E-state index is -4.44. The molecule has 8 nitrogen and oxygen atoms in total. The number of rotatable bonds is 10. The molecule has 4 rings (SSSR count). The third-order valence-electron chi connectivity index (χ3n) is 6.56. The lowest BCUT2D eigenvalue weighted by Crippen LogP contribution is -2.28. The monoisotopic (exact) mass is 533 g/mol. The molecule has 0 fully saturated rings. The van der Waals surface area contributed by atoms with Gasteiger partial charge in [0.25, 0.3) is 5.56 Å². The van der Waals surface area contributed by atoms with Crippen LogP contribution in [0.15, 0.2) is 87.5 Å². The summed E-state index contributed by atoms with van der Waals surface area (Å²) in [6.07, 6.45) is 4.52. The fourth-order valence-corrected chi connectivity index (χ4v) is 5.90. The van der Waals surface area contributed by atoms with Crippen LogP contribution in [0.1, 0.15) is 49.3 Å². The van der Waals surface area contributed by atoms with Gasteiger partial charge in [-0.15, -0.1) is 0 Å². The van der Waals surface area contributed by atoms with Crippen LogP contribution in [0.25, 0.3) is 11.1 Å². The largest absolute Gasteiger partial charge is 0.493 e. The Kier molecular flexibility index (Phi) is 8.38. The van der Waals surface area contributed by atoms with Gasteiger partial charge in [0.05, 0.1) is 17.5 Å². The zero-order chi connectivity index (χ0) is 27.3. The first-order valence-corrected chi connectivity index (χ1v) is 14.0. The van der Waals surface area contributed by atoms with Crippen LogP contribution in [0.4, 0.5) is 0 Å². The van der Waals surface area contributed by atoms with Gasteiger partial charge in [0.15, 0.2) is 4.90 Å². The highest BCUT2D eigenvalue weighted by Gasteiger charge is 2.32. The molecule has 0 aliphatic heterocycles. The first kappa shape index (κ1) is 27.2. The highest BCUT2D eigenvalue weighted by Crippen LogP contribution is 2.32. The number of aromatic nitrogens is 3. The predicted molar refractivity (Wildman–Crippen MR) is 145 cm³/mol. The smallest absolute Gasteiger partial charge is 0.296 e. The van der Waals surface area contributed by atoms with Crippen molar-refractivity contribution in [1.29, 1.82) is 0 Å². The molecule has 0 aliphatic carbocycles. The minimum absolute atomic E-state index is 0.150. The summed E-state index contributed by atoms with van der Waals surface area (Å²) >= 11 is 0. The molecule has 4 aromatic rings. The minimum Gasteiger partial charge on any atom is -0.493 e. The molecule has 38 heavy (non-hydrogen) atoms. The molecule has 2 heterocycles. The van der Waals surface area contributed by atoms with E-state index in [-0.39, 0.29) is 10.7 Å². The number of hydrogen-bond acceptors (Lipinski definition) is 7. The van der Waals surface area contributed by atoms with Crippen LogP contribution >= 0.6 is 0 Å². The van der Waals surface area contributed by atoms with Gasteiger partial charge in [0, 0.05) is 23.9 Å². The number of nitrogens with zero attached hydrogens (tertiary/aromatic N) is 3. The SMILES string of the molecule is CCCCCc1nc(=O)c(S(=O)(=O)c2ccc(-c3cccnc3C)cc2)c(O)n1[C@@H](CO)c1ccccc1. The number of aryl methyl sites for hydroxylation is 2. The Balaban J connectivity index is 1.85. The second kappa shape index (κ2) is 11.7. The summed E-state index contributed by atoms with van der Waals surface area (Å²) < 4.78 is 28.6. The maximum absolute atomic E-state index is 13.7. The molecular weight excluding hydrogens is 502 g/mol. The summed E-state index contributed by atoms with van der Waals surface area (Å²) in [5.41, 5.74) is 2.04. The predicted octanol–water partition coefficient (Wildman–Crippen LogP) is 4.47. The second-order valence-electron chi connectivity index (χ2n) is 9.09. The zero-order valence-corrected chi connectivity index (χ0v) is 22.2. The van der Waals surface area contributed by atoms with Crippen LogP contribution in [-0.2, 0) is 16.3 Å². The van der Waals surface area contributed by atoms with E-state index in [4.69, 9.17) is 0 Å². The molecule has 2 aromatic heterocycles. The van der Waals surface area contributed by atoms with Gasteiger partial charge < -0.3 is 10.2 Å². The lowest BCUT2D eigenvalue weighted by molar-refractivity contribution is 0.231. The molecule has 9 heteroatoms. The number of sulfone groups is 1. The van der Waals surface area contributed by atoms with E-state index in [0.717, 1.165) is 29.7 Å². The van der Waals surface area contributed by atoms with E-state index in [0.29, 0.717) is 18.4 Å². The Morgan fingerprint density at radius 3 is 2.32 bits per heavy atom. The average molecular weight is 534 g/mol. The van der Waals surface area contributed by atoms with Crippen LogP contribution in [0.2, 0.25) is 0 Å². The quantitative estimate of drug-likeness (QED) is 0.289. The summed E-state index contributed by atoms with van der Waals surface area (Å²) in [5, 5.41) is 21.7. The topological polar surface area (TPSA) is 122 Å². The Hall–Kier alpha value is -3.82. The molecular formula is C29H31N3O5S. The molecule has 0 spiro atoms. The van der Waals surface area contributed by atoms with Crippen LogP contribution in [0.3, 0.4) is 0 Å². The standard InChI is InChI=1S/C29H31N3O5S/c1-3-4-6-13-26-31-28(34)27(29(35)32(26)25(19-33)22-10-7-5-8-11-22)38(36,37)23-16-14-21(15-17-23)24-12-9-18-30-20(24)2/h5,7-12,14-18,25,33,35H,3-4,6,13,19H2,1-2H3/t25-/m0/s1. The molecule has 0 unspecified atom stereocenters. The normalized spacial score (nSPS) is 12.4. The molecule has 2 N–H and O–H groups in total. The Morgan fingerprint density at radius 2 is 1.68 bits per heavy atom. The van der Waals surface area contributed by atoms with Gasteiger partial charge >= 0.3 is 0 Å². The van der Waals surface area contributed by atoms with E-state index in [1.165, 1.54) is 16.7 Å². The Morgan fingerprint density at radius 1 is 0.974 bits per heavy atom. The number of benzene rings is 2. The van der Waals surface area contributed by atoms with Crippen molar-refractivity contribution in [2.24, 2.45) is 0 Å². The zero-order valence-electron chi connectivity index (χ0n) is 21.4. The molecule has 0 amide bonds. The van der Waals surface area contributed by atoms with Crippen molar-refractivity contribution < 1.29 is 18.6 Å². The van der Waals surface area contributed by atoms with Crippen molar-refractivity contribution in [3.05, 3.63) is 100 Å². The number of aliphatic hydroxyl groups excluding tert-OH is 1. The van der Waals surface area contributed by atoms with Gasteiger partial charge in [0.1, 0.15) is 5.82 Å². The van der Waals surface area contributed by atoms with E-state index in [1.54, 1.807) is 48.7 Å². The summed E-state index contributed by atoms with van der Waals surface area (Å²) in [5.74, 6) is -0.503. The molecule has 0 radical (unpaired) electrons. The maximum atomic E-state index is 13.7. The molecule has 0 aliphatic rings. The number of hydrogen-bond donors (Lipinski definition) is 2. The second-order valence-corrected chi connectivity index (χ2v) is 11.0. The molecule has 198 valence electrons. The number of aromatic hydroxyl groups is 1. The number of aliphatic hydroxyl groups is 1. The van der Waals surface area contributed by atoms with Gasteiger partial charge in [0.2, 0.25) is 15.7 Å². The van der Waals surface area contributed by atoms with Crippen molar-refractivity contribution in [1.82, 2.24) is 14.5 Å². The van der Waals surface area contributed by atoms with Gasteiger partial charge in [-0.25, -0.2) is 8.42 Å². The van der Waals surface area contributed by atoms with Gasteiger partial charge in [-0.05, 0) is 42.7 Å². The van der Waals surface area contributed by atoms with E-state index in [2.05, 4.69) is 9.97 Å². The van der Waals surface area contributed by atoms with Crippen LogP contribution in [0, 0.1) is 6.92 Å². The lowest BCUT2D eigenvalue weighted by Gasteiger charge is -2.24. The highest BCUT2D eigenvalue weighted by molar-refractivity contribution is 7.91. The number of pyridine rings is 1. The fraction of sp³-hybridized carbons (Fsp3) is 0.276. The van der Waals surface area contributed by atoms with Crippen molar-refractivity contribution in [2.75, 3.05) is 6.61 Å². The summed E-state index contributed by atoms with van der Waals surface area (Å²) in [7, 11) is -4.44. The van der Waals surface area contributed by atoms with Gasteiger partial charge in [-0.3, -0.25) is 14.3 Å². The first-order valence-electron chi connectivity index (χ1n) is 12.6. The summed E-state index contributed by atoms with van der Waals surface area (Å²) in [4.78, 5) is 20.5. The molecule has 2 aromatic carbocycles. The van der Waals surface area contributed by atoms with E-state index in [9.17, 15) is 23.4 Å². The van der Waals surface area contributed by atoms with Crippen molar-refractivity contribution in [2.45, 2.75) is 55.4 Å². The van der Waals surface area contributed by atoms with Gasteiger partial charge in [-0.2, -0.15) is 4.98 Å². The Labute approximate surface area is 222 Å². The van der Waals surface area contributed by atoms with Gasteiger partial charge in [-0.1, -0.05) is 68.3 Å². The van der Waals surface area contributed by atoms with Crippen LogP contribution < -0.4 is 5.56 Å². The average Bonchev–Trinajstić information content (AvgIpc) is 2.91. The van der Waals surface area contributed by atoms with Crippen molar-refractivity contribution in [3.63, 3.8) is 0 Å². The third kappa shape index (κ3) is 5.39. The highest BCUT2D eigenvalue weighted by atomic mass is 32.2. The molecule has 0 saturated heterocycles. The lowest BCUT2D eigenvalue weighted by atomic mass is 10.1. The summed E-state index contributed by atoms with van der Waals surface area (Å²) in [6.45, 7) is 3.47. The fourth-order valence-electron chi connectivity index (χ4n) is 4.55. The maximum Gasteiger partial charge on any atom is 0.296 e. The molecule has 0 bridgehead atoms.